The third-order valence-corrected chi connectivity index (χ3v) is 2.07. The fourth-order valence-corrected chi connectivity index (χ4v) is 1.26. The van der Waals surface area contributed by atoms with Crippen LogP contribution in [0.15, 0.2) is 12.7 Å². The summed E-state index contributed by atoms with van der Waals surface area (Å²) < 4.78 is 4.81. The van der Waals surface area contributed by atoms with Crippen LogP contribution in [0.25, 0.3) is 0 Å². The Morgan fingerprint density at radius 1 is 1.33 bits per heavy atom. The number of unbranched alkanes of at least 4 members (excludes halogenated alkanes) is 3. The van der Waals surface area contributed by atoms with E-state index in [-0.39, 0.29) is 5.97 Å². The van der Waals surface area contributed by atoms with Crippen LogP contribution < -0.4 is 5.32 Å². The minimum atomic E-state index is -0.114. The molecule has 0 aliphatic heterocycles. The smallest absolute Gasteiger partial charge is 0.307 e. The molecule has 0 aromatic rings. The first-order chi connectivity index (χ1) is 7.31. The molecule has 0 amide bonds. The highest BCUT2D eigenvalue weighted by molar-refractivity contribution is 5.69. The molecule has 0 radical (unpaired) electrons. The van der Waals surface area contributed by atoms with Crippen LogP contribution in [0.3, 0.4) is 0 Å². The van der Waals surface area contributed by atoms with Crippen molar-refractivity contribution in [3.63, 3.8) is 0 Å². The third-order valence-electron chi connectivity index (χ3n) is 2.07. The van der Waals surface area contributed by atoms with Crippen molar-refractivity contribution < 1.29 is 9.53 Å². The predicted molar refractivity (Wildman–Crippen MR) is 62.8 cm³/mol. The van der Waals surface area contributed by atoms with Crippen molar-refractivity contribution in [1.82, 2.24) is 5.32 Å². The number of carbonyl (C=O) groups is 1. The summed E-state index contributed by atoms with van der Waals surface area (Å²) in [4.78, 5) is 10.9. The molecule has 0 saturated carbocycles. The lowest BCUT2D eigenvalue weighted by molar-refractivity contribution is -0.142. The van der Waals surface area contributed by atoms with E-state index in [2.05, 4.69) is 11.9 Å². The highest BCUT2D eigenvalue weighted by Crippen LogP contribution is 1.98. The lowest BCUT2D eigenvalue weighted by atomic mass is 10.2. The molecule has 0 spiro atoms. The summed E-state index contributed by atoms with van der Waals surface area (Å²) in [6, 6.07) is 0. The van der Waals surface area contributed by atoms with Crippen LogP contribution in [0.5, 0.6) is 0 Å². The second-order valence-corrected chi connectivity index (χ2v) is 3.44. The zero-order valence-corrected chi connectivity index (χ0v) is 9.76. The van der Waals surface area contributed by atoms with Gasteiger partial charge in [-0.1, -0.05) is 12.5 Å². The number of hydrogen-bond acceptors (Lipinski definition) is 3. The van der Waals surface area contributed by atoms with E-state index in [4.69, 9.17) is 4.74 Å². The SMILES string of the molecule is C=CCCCCCNCCC(=O)OCC. The molecule has 0 unspecified atom stereocenters. The highest BCUT2D eigenvalue weighted by Gasteiger charge is 1.99. The summed E-state index contributed by atoms with van der Waals surface area (Å²) in [6.07, 6.45) is 7.12. The largest absolute Gasteiger partial charge is 0.466 e. The number of allylic oxidation sites excluding steroid dienone is 1. The summed E-state index contributed by atoms with van der Waals surface area (Å²) in [5.41, 5.74) is 0. The van der Waals surface area contributed by atoms with Crippen molar-refractivity contribution in [2.75, 3.05) is 19.7 Å². The molecule has 0 aliphatic rings. The molecule has 3 nitrogen and oxygen atoms in total. The van der Waals surface area contributed by atoms with E-state index in [1.54, 1.807) is 0 Å². The molecule has 0 saturated heterocycles. The van der Waals surface area contributed by atoms with Gasteiger partial charge in [0.2, 0.25) is 0 Å². The van der Waals surface area contributed by atoms with Crippen LogP contribution in [0.4, 0.5) is 0 Å². The Kier molecular flexibility index (Phi) is 10.6. The molecule has 15 heavy (non-hydrogen) atoms. The molecule has 0 aromatic heterocycles. The summed E-state index contributed by atoms with van der Waals surface area (Å²) >= 11 is 0. The van der Waals surface area contributed by atoms with Gasteiger partial charge in [0.25, 0.3) is 0 Å². The van der Waals surface area contributed by atoms with E-state index in [0.717, 1.165) is 25.9 Å². The van der Waals surface area contributed by atoms with Crippen LogP contribution in [0.1, 0.15) is 39.0 Å². The lowest BCUT2D eigenvalue weighted by Crippen LogP contribution is -2.20. The summed E-state index contributed by atoms with van der Waals surface area (Å²) in [5, 5.41) is 3.22. The topological polar surface area (TPSA) is 38.3 Å². The number of hydrogen-bond donors (Lipinski definition) is 1. The Hall–Kier alpha value is -0.830. The van der Waals surface area contributed by atoms with Gasteiger partial charge in [-0.2, -0.15) is 0 Å². The molecule has 0 fully saturated rings. The van der Waals surface area contributed by atoms with Crippen molar-refractivity contribution >= 4 is 5.97 Å². The Morgan fingerprint density at radius 3 is 2.80 bits per heavy atom. The zero-order valence-electron chi connectivity index (χ0n) is 9.76. The number of esters is 1. The minimum Gasteiger partial charge on any atom is -0.466 e. The zero-order chi connectivity index (χ0) is 11.4. The van der Waals surface area contributed by atoms with E-state index >= 15 is 0 Å². The second kappa shape index (κ2) is 11.2. The van der Waals surface area contributed by atoms with Gasteiger partial charge in [-0.15, -0.1) is 6.58 Å². The van der Waals surface area contributed by atoms with E-state index in [0.29, 0.717) is 13.0 Å². The molecular formula is C12H23NO2. The van der Waals surface area contributed by atoms with Gasteiger partial charge in [-0.25, -0.2) is 0 Å². The number of rotatable bonds is 10. The molecule has 88 valence electrons. The molecule has 0 aromatic carbocycles. The summed E-state index contributed by atoms with van der Waals surface area (Å²) in [7, 11) is 0. The van der Waals surface area contributed by atoms with E-state index in [1.165, 1.54) is 12.8 Å². The van der Waals surface area contributed by atoms with Crippen LogP contribution in [-0.2, 0) is 9.53 Å². The van der Waals surface area contributed by atoms with Gasteiger partial charge >= 0.3 is 5.97 Å². The number of ether oxygens (including phenoxy) is 1. The highest BCUT2D eigenvalue weighted by atomic mass is 16.5. The predicted octanol–water partition coefficient (Wildman–Crippen LogP) is 2.28. The molecule has 3 heteroatoms. The first-order valence-corrected chi connectivity index (χ1v) is 5.78. The Balaban J connectivity index is 3.04. The van der Waals surface area contributed by atoms with Crippen LogP contribution in [0.2, 0.25) is 0 Å². The molecule has 1 N–H and O–H groups in total. The Labute approximate surface area is 92.9 Å². The standard InChI is InChI=1S/C12H23NO2/c1-3-5-6-7-8-10-13-11-9-12(14)15-4-2/h3,13H,1,4-11H2,2H3. The average Bonchev–Trinajstić information content (AvgIpc) is 2.22. The molecule has 0 rings (SSSR count). The minimum absolute atomic E-state index is 0.114. The molecular weight excluding hydrogens is 190 g/mol. The van der Waals surface area contributed by atoms with Crippen molar-refractivity contribution in [3.8, 4) is 0 Å². The third kappa shape index (κ3) is 11.1. The van der Waals surface area contributed by atoms with Crippen molar-refractivity contribution in [3.05, 3.63) is 12.7 Å². The fourth-order valence-electron chi connectivity index (χ4n) is 1.26. The van der Waals surface area contributed by atoms with Crippen LogP contribution >= 0.6 is 0 Å². The van der Waals surface area contributed by atoms with E-state index < -0.39 is 0 Å². The lowest BCUT2D eigenvalue weighted by Gasteiger charge is -2.04. The van der Waals surface area contributed by atoms with Gasteiger partial charge in [0.15, 0.2) is 0 Å². The fraction of sp³-hybridized carbons (Fsp3) is 0.750. The molecule has 0 atom stereocenters. The molecule has 0 heterocycles. The van der Waals surface area contributed by atoms with Gasteiger partial charge in [-0.3, -0.25) is 4.79 Å². The first-order valence-electron chi connectivity index (χ1n) is 5.78. The maximum Gasteiger partial charge on any atom is 0.307 e. The number of carbonyl (C=O) groups excluding carboxylic acids is 1. The Bertz CT molecular complexity index is 169. The second-order valence-electron chi connectivity index (χ2n) is 3.44. The average molecular weight is 213 g/mol. The van der Waals surface area contributed by atoms with Crippen molar-refractivity contribution in [1.29, 1.82) is 0 Å². The van der Waals surface area contributed by atoms with Crippen LogP contribution in [0, 0.1) is 0 Å². The maximum absolute atomic E-state index is 10.9. The molecule has 0 aliphatic carbocycles. The van der Waals surface area contributed by atoms with Gasteiger partial charge < -0.3 is 10.1 Å². The quantitative estimate of drug-likeness (QED) is 0.344. The number of nitrogens with one attached hydrogen (secondary N) is 1. The van der Waals surface area contributed by atoms with Crippen molar-refractivity contribution in [2.45, 2.75) is 39.0 Å². The van der Waals surface area contributed by atoms with E-state index in [9.17, 15) is 4.79 Å². The molecule has 0 bridgehead atoms. The monoisotopic (exact) mass is 213 g/mol. The normalized spacial score (nSPS) is 9.93. The van der Waals surface area contributed by atoms with Gasteiger partial charge in [0.1, 0.15) is 0 Å². The first kappa shape index (κ1) is 14.2. The van der Waals surface area contributed by atoms with Gasteiger partial charge in [0.05, 0.1) is 13.0 Å². The summed E-state index contributed by atoms with van der Waals surface area (Å²) in [5.74, 6) is -0.114. The van der Waals surface area contributed by atoms with Crippen LogP contribution in [-0.4, -0.2) is 25.7 Å². The van der Waals surface area contributed by atoms with Gasteiger partial charge in [-0.05, 0) is 32.7 Å². The Morgan fingerprint density at radius 2 is 2.13 bits per heavy atom. The van der Waals surface area contributed by atoms with Crippen molar-refractivity contribution in [2.24, 2.45) is 0 Å². The van der Waals surface area contributed by atoms with E-state index in [1.807, 2.05) is 13.0 Å². The maximum atomic E-state index is 10.9. The summed E-state index contributed by atoms with van der Waals surface area (Å²) in [6.45, 7) is 7.68. The van der Waals surface area contributed by atoms with Gasteiger partial charge in [0, 0.05) is 6.54 Å².